The van der Waals surface area contributed by atoms with Crippen LogP contribution in [0.1, 0.15) is 6.92 Å². The molecule has 1 rings (SSSR count). The summed E-state index contributed by atoms with van der Waals surface area (Å²) < 4.78 is 66.0. The molecule has 5 nitrogen and oxygen atoms in total. The van der Waals surface area contributed by atoms with Crippen molar-refractivity contribution in [2.24, 2.45) is 5.92 Å². The van der Waals surface area contributed by atoms with E-state index in [0.717, 1.165) is 12.3 Å². The van der Waals surface area contributed by atoms with Crippen molar-refractivity contribution in [3.8, 4) is 5.88 Å². The molecule has 21 heavy (non-hydrogen) atoms. The monoisotopic (exact) mass is 346 g/mol. The maximum Gasteiger partial charge on any atom is 0.422 e. The number of ether oxygens (including phenoxy) is 1. The molecule has 0 spiro atoms. The summed E-state index contributed by atoms with van der Waals surface area (Å²) in [6, 6.07) is 2.41. The lowest BCUT2D eigenvalue weighted by molar-refractivity contribution is -0.154. The zero-order valence-corrected chi connectivity index (χ0v) is 12.6. The molecule has 1 unspecified atom stereocenters. The van der Waals surface area contributed by atoms with Crippen LogP contribution in [0.25, 0.3) is 0 Å². The molecule has 1 atom stereocenters. The third-order valence-corrected chi connectivity index (χ3v) is 4.24. The van der Waals surface area contributed by atoms with Crippen LogP contribution in [0.15, 0.2) is 18.3 Å². The van der Waals surface area contributed by atoms with Gasteiger partial charge in [-0.25, -0.2) is 13.4 Å². The highest BCUT2D eigenvalue weighted by atomic mass is 35.5. The SMILES string of the molecule is CC(CCl)CS(=O)(=O)Nc1ccc(OCC(F)(F)F)nc1. The molecule has 0 amide bonds. The van der Waals surface area contributed by atoms with Crippen molar-refractivity contribution >= 4 is 27.3 Å². The van der Waals surface area contributed by atoms with Gasteiger partial charge in [-0.2, -0.15) is 13.2 Å². The fourth-order valence-electron chi connectivity index (χ4n) is 1.32. The minimum atomic E-state index is -4.46. The molecule has 0 aliphatic heterocycles. The van der Waals surface area contributed by atoms with E-state index in [4.69, 9.17) is 11.6 Å². The Hall–Kier alpha value is -1.22. The zero-order valence-electron chi connectivity index (χ0n) is 11.0. The van der Waals surface area contributed by atoms with Crippen LogP contribution in [0, 0.1) is 5.92 Å². The molecule has 1 aromatic heterocycles. The standard InChI is InChI=1S/C11H14ClF3N2O3S/c1-8(4-12)6-21(18,19)17-9-2-3-10(16-5-9)20-7-11(13,14)15/h2-3,5,8,17H,4,6-7H2,1H3. The number of rotatable bonds is 7. The smallest absolute Gasteiger partial charge is 0.422 e. The number of sulfonamides is 1. The Kier molecular flexibility index (Phi) is 6.09. The maximum absolute atomic E-state index is 11.9. The number of anilines is 1. The summed E-state index contributed by atoms with van der Waals surface area (Å²) in [6.07, 6.45) is -3.38. The van der Waals surface area contributed by atoms with E-state index < -0.39 is 22.8 Å². The zero-order chi connectivity index (χ0) is 16.1. The number of hydrogen-bond donors (Lipinski definition) is 1. The molecule has 1 heterocycles. The van der Waals surface area contributed by atoms with Crippen molar-refractivity contribution in [2.45, 2.75) is 13.1 Å². The molecule has 1 N–H and O–H groups in total. The van der Waals surface area contributed by atoms with Gasteiger partial charge in [-0.3, -0.25) is 4.72 Å². The van der Waals surface area contributed by atoms with Crippen LogP contribution in [0.5, 0.6) is 5.88 Å². The van der Waals surface area contributed by atoms with Gasteiger partial charge in [0, 0.05) is 11.9 Å². The summed E-state index contributed by atoms with van der Waals surface area (Å²) in [4.78, 5) is 3.59. The van der Waals surface area contributed by atoms with E-state index >= 15 is 0 Å². The molecule has 0 radical (unpaired) electrons. The summed E-state index contributed by atoms with van der Waals surface area (Å²) in [7, 11) is -3.59. The van der Waals surface area contributed by atoms with Gasteiger partial charge in [0.25, 0.3) is 0 Å². The second-order valence-corrected chi connectivity index (χ2v) is 6.51. The van der Waals surface area contributed by atoms with E-state index in [9.17, 15) is 21.6 Å². The van der Waals surface area contributed by atoms with Gasteiger partial charge in [-0.15, -0.1) is 11.6 Å². The number of halogens is 4. The number of hydrogen-bond acceptors (Lipinski definition) is 4. The first-order chi connectivity index (χ1) is 9.61. The van der Waals surface area contributed by atoms with Crippen molar-refractivity contribution in [3.63, 3.8) is 0 Å². The van der Waals surface area contributed by atoms with Gasteiger partial charge in [0.15, 0.2) is 6.61 Å². The second kappa shape index (κ2) is 7.17. The first kappa shape index (κ1) is 17.8. The summed E-state index contributed by atoms with van der Waals surface area (Å²) in [5.41, 5.74) is 0.135. The molecular weight excluding hydrogens is 333 g/mol. The Bertz CT molecular complexity index is 549. The Morgan fingerprint density at radius 3 is 2.57 bits per heavy atom. The summed E-state index contributed by atoms with van der Waals surface area (Å²) in [5, 5.41) is 0. The van der Waals surface area contributed by atoms with E-state index in [0.29, 0.717) is 0 Å². The Labute approximate surface area is 125 Å². The van der Waals surface area contributed by atoms with Gasteiger partial charge in [-0.1, -0.05) is 6.92 Å². The summed E-state index contributed by atoms with van der Waals surface area (Å²) in [6.45, 7) is 0.219. The van der Waals surface area contributed by atoms with Crippen LogP contribution in [0.3, 0.4) is 0 Å². The van der Waals surface area contributed by atoms with Crippen LogP contribution in [-0.4, -0.2) is 37.8 Å². The lowest BCUT2D eigenvalue weighted by Gasteiger charge is -2.12. The highest BCUT2D eigenvalue weighted by Crippen LogP contribution is 2.18. The van der Waals surface area contributed by atoms with Crippen molar-refractivity contribution in [2.75, 3.05) is 23.0 Å². The van der Waals surface area contributed by atoms with Crippen LogP contribution in [0.4, 0.5) is 18.9 Å². The highest BCUT2D eigenvalue weighted by molar-refractivity contribution is 7.92. The predicted octanol–water partition coefficient (Wildman–Crippen LogP) is 2.64. The average Bonchev–Trinajstić information content (AvgIpc) is 2.36. The van der Waals surface area contributed by atoms with Crippen molar-refractivity contribution in [3.05, 3.63) is 18.3 Å². The number of nitrogens with one attached hydrogen (secondary N) is 1. The molecule has 0 saturated heterocycles. The molecule has 0 saturated carbocycles. The van der Waals surface area contributed by atoms with Crippen molar-refractivity contribution < 1.29 is 26.3 Å². The fourth-order valence-corrected chi connectivity index (χ4v) is 2.99. The fraction of sp³-hybridized carbons (Fsp3) is 0.545. The third kappa shape index (κ3) is 7.37. The van der Waals surface area contributed by atoms with Crippen LogP contribution < -0.4 is 9.46 Å². The average molecular weight is 347 g/mol. The molecule has 0 aromatic carbocycles. The lowest BCUT2D eigenvalue weighted by Crippen LogP contribution is -2.22. The molecule has 0 aliphatic carbocycles. The largest absolute Gasteiger partial charge is 0.468 e. The van der Waals surface area contributed by atoms with Crippen LogP contribution in [0.2, 0.25) is 0 Å². The topological polar surface area (TPSA) is 68.3 Å². The minimum Gasteiger partial charge on any atom is -0.468 e. The molecule has 0 fully saturated rings. The van der Waals surface area contributed by atoms with Gasteiger partial charge < -0.3 is 4.74 Å². The summed E-state index contributed by atoms with van der Waals surface area (Å²) in [5.74, 6) is -0.442. The number of pyridine rings is 1. The first-order valence-corrected chi connectivity index (χ1v) is 8.02. The molecule has 10 heteroatoms. The van der Waals surface area contributed by atoms with Crippen LogP contribution in [-0.2, 0) is 10.0 Å². The molecule has 120 valence electrons. The molecular formula is C11H14ClF3N2O3S. The Morgan fingerprint density at radius 1 is 1.43 bits per heavy atom. The Morgan fingerprint density at radius 2 is 2.10 bits per heavy atom. The molecule has 0 bridgehead atoms. The van der Waals surface area contributed by atoms with E-state index in [-0.39, 0.29) is 29.1 Å². The normalized spacial score (nSPS) is 13.8. The minimum absolute atomic E-state index is 0.135. The maximum atomic E-state index is 11.9. The van der Waals surface area contributed by atoms with E-state index in [1.807, 2.05) is 0 Å². The molecule has 0 aliphatic rings. The van der Waals surface area contributed by atoms with Gasteiger partial charge in [0.05, 0.1) is 17.6 Å². The van der Waals surface area contributed by atoms with E-state index in [1.165, 1.54) is 6.07 Å². The van der Waals surface area contributed by atoms with E-state index in [1.54, 1.807) is 6.92 Å². The van der Waals surface area contributed by atoms with Gasteiger partial charge >= 0.3 is 6.18 Å². The lowest BCUT2D eigenvalue weighted by atomic mass is 10.3. The highest BCUT2D eigenvalue weighted by Gasteiger charge is 2.28. The second-order valence-electron chi connectivity index (χ2n) is 4.43. The number of nitrogens with zero attached hydrogens (tertiary/aromatic N) is 1. The Balaban J connectivity index is 2.62. The predicted molar refractivity (Wildman–Crippen MR) is 73.1 cm³/mol. The quantitative estimate of drug-likeness (QED) is 0.771. The van der Waals surface area contributed by atoms with Gasteiger partial charge in [0.1, 0.15) is 0 Å². The number of alkyl halides is 4. The molecule has 1 aromatic rings. The number of aromatic nitrogens is 1. The van der Waals surface area contributed by atoms with Gasteiger partial charge in [0.2, 0.25) is 15.9 Å². The van der Waals surface area contributed by atoms with Gasteiger partial charge in [-0.05, 0) is 12.0 Å². The third-order valence-electron chi connectivity index (χ3n) is 2.16. The summed E-state index contributed by atoms with van der Waals surface area (Å²) >= 11 is 5.54. The first-order valence-electron chi connectivity index (χ1n) is 5.83. The van der Waals surface area contributed by atoms with Crippen molar-refractivity contribution in [1.82, 2.24) is 4.98 Å². The van der Waals surface area contributed by atoms with Crippen LogP contribution >= 0.6 is 11.6 Å². The van der Waals surface area contributed by atoms with E-state index in [2.05, 4.69) is 14.4 Å². The van der Waals surface area contributed by atoms with Crippen molar-refractivity contribution in [1.29, 1.82) is 0 Å².